The maximum atomic E-state index is 12.1. The average Bonchev–Trinajstić information content (AvgIpc) is 2.54. The van der Waals surface area contributed by atoms with Crippen molar-refractivity contribution < 1.29 is 35.0 Å². The number of hydrogen-bond acceptors (Lipinski definition) is 4. The standard InChI is InChI=1S/C15H16N6O4S.ClH/c16-14(23)10-2-1-7-21(8-10)9-13(22)19-11-3-5-12(6-4-11)26(24,25)20-15(17)18;/h1-8H,9H2,(H6-,16,17,18,19,20,22,23);1H. The van der Waals surface area contributed by atoms with Gasteiger partial charge in [0.25, 0.3) is 21.8 Å². The van der Waals surface area contributed by atoms with E-state index >= 15 is 0 Å². The van der Waals surface area contributed by atoms with Gasteiger partial charge in [-0.2, -0.15) is 13.0 Å². The summed E-state index contributed by atoms with van der Waals surface area (Å²) in [6.07, 6.45) is 3.06. The second-order valence-corrected chi connectivity index (χ2v) is 6.80. The summed E-state index contributed by atoms with van der Waals surface area (Å²) < 4.78 is 28.3. The lowest BCUT2D eigenvalue weighted by Crippen LogP contribution is -3.00. The predicted molar refractivity (Wildman–Crippen MR) is 93.2 cm³/mol. The molecule has 0 saturated carbocycles. The van der Waals surface area contributed by atoms with Crippen LogP contribution in [0.3, 0.4) is 0 Å². The van der Waals surface area contributed by atoms with Crippen LogP contribution in [0.4, 0.5) is 5.69 Å². The molecule has 0 radical (unpaired) electrons. The highest BCUT2D eigenvalue weighted by Crippen LogP contribution is 2.16. The second-order valence-electron chi connectivity index (χ2n) is 5.19. The molecular weight excluding hydrogens is 396 g/mol. The summed E-state index contributed by atoms with van der Waals surface area (Å²) in [6, 6.07) is 8.45. The van der Waals surface area contributed by atoms with Gasteiger partial charge in [0.1, 0.15) is 5.56 Å². The minimum absolute atomic E-state index is 0. The fraction of sp³-hybridized carbons (Fsp3) is 0.0667. The molecule has 2 rings (SSSR count). The SMILES string of the molecule is NC(=O)c1ccc[n+](CC(=O)Nc2ccc(S(=O)(=O)N=C(N)N)cc2)c1.[Cl-]. The van der Waals surface area contributed by atoms with Crippen LogP contribution in [0.25, 0.3) is 0 Å². The van der Waals surface area contributed by atoms with Crippen molar-refractivity contribution in [2.45, 2.75) is 11.4 Å². The van der Waals surface area contributed by atoms with Gasteiger partial charge >= 0.3 is 0 Å². The van der Waals surface area contributed by atoms with Gasteiger partial charge in [0, 0.05) is 11.8 Å². The number of primary amides is 1. The number of benzene rings is 1. The first-order chi connectivity index (χ1) is 12.2. The highest BCUT2D eigenvalue weighted by atomic mass is 35.5. The Morgan fingerprint density at radius 1 is 1.07 bits per heavy atom. The number of nitrogens with one attached hydrogen (secondary N) is 1. The maximum absolute atomic E-state index is 12.1. The predicted octanol–water partition coefficient (Wildman–Crippen LogP) is -4.32. The van der Waals surface area contributed by atoms with E-state index in [-0.39, 0.29) is 35.3 Å². The number of halogens is 1. The molecule has 1 heterocycles. The molecule has 0 spiro atoms. The third-order valence-electron chi connectivity index (χ3n) is 3.13. The molecule has 27 heavy (non-hydrogen) atoms. The highest BCUT2D eigenvalue weighted by molar-refractivity contribution is 7.90. The zero-order chi connectivity index (χ0) is 19.3. The Morgan fingerprint density at radius 3 is 2.26 bits per heavy atom. The molecule has 2 aromatic rings. The molecule has 0 fully saturated rings. The van der Waals surface area contributed by atoms with E-state index in [0.29, 0.717) is 5.69 Å². The number of guanidine groups is 1. The third-order valence-corrected chi connectivity index (χ3v) is 4.45. The van der Waals surface area contributed by atoms with E-state index in [4.69, 9.17) is 17.2 Å². The molecule has 0 aliphatic carbocycles. The number of hydrogen-bond donors (Lipinski definition) is 4. The number of pyridine rings is 1. The Kier molecular flexibility index (Phi) is 7.26. The number of sulfonamides is 1. The molecule has 1 aromatic carbocycles. The Bertz CT molecular complexity index is 972. The normalized spacial score (nSPS) is 10.4. The number of aromatic nitrogens is 1. The molecule has 10 nitrogen and oxygen atoms in total. The number of nitrogens with two attached hydrogens (primary N) is 3. The monoisotopic (exact) mass is 412 g/mol. The summed E-state index contributed by atoms with van der Waals surface area (Å²) in [5.74, 6) is -1.55. The Labute approximate surface area is 161 Å². The molecule has 0 unspecified atom stereocenters. The number of rotatable bonds is 6. The fourth-order valence-electron chi connectivity index (χ4n) is 2.03. The van der Waals surface area contributed by atoms with E-state index in [1.807, 2.05) is 0 Å². The number of carbonyl (C=O) groups is 2. The van der Waals surface area contributed by atoms with Crippen molar-refractivity contribution in [3.05, 3.63) is 54.4 Å². The molecule has 0 aliphatic heterocycles. The number of anilines is 1. The molecule has 12 heteroatoms. The van der Waals surface area contributed by atoms with Crippen LogP contribution >= 0.6 is 0 Å². The van der Waals surface area contributed by atoms with Crippen LogP contribution in [-0.4, -0.2) is 26.2 Å². The maximum Gasteiger partial charge on any atom is 0.290 e. The van der Waals surface area contributed by atoms with E-state index in [1.54, 1.807) is 12.3 Å². The molecule has 0 atom stereocenters. The lowest BCUT2D eigenvalue weighted by Gasteiger charge is -2.05. The Morgan fingerprint density at radius 2 is 1.70 bits per heavy atom. The minimum Gasteiger partial charge on any atom is -1.00 e. The van der Waals surface area contributed by atoms with Gasteiger partial charge in [0.15, 0.2) is 12.4 Å². The molecule has 1 aromatic heterocycles. The minimum atomic E-state index is -3.99. The van der Waals surface area contributed by atoms with Gasteiger partial charge < -0.3 is 34.9 Å². The number of nitrogens with zero attached hydrogens (tertiary/aromatic N) is 2. The molecule has 7 N–H and O–H groups in total. The van der Waals surface area contributed by atoms with Crippen LogP contribution in [0.15, 0.2) is 58.1 Å². The van der Waals surface area contributed by atoms with E-state index in [9.17, 15) is 18.0 Å². The zero-order valence-electron chi connectivity index (χ0n) is 13.9. The van der Waals surface area contributed by atoms with E-state index in [2.05, 4.69) is 9.71 Å². The largest absolute Gasteiger partial charge is 1.00 e. The molecule has 0 aliphatic rings. The van der Waals surface area contributed by atoms with Gasteiger partial charge in [-0.25, -0.2) is 0 Å². The summed E-state index contributed by atoms with van der Waals surface area (Å²) in [6.45, 7) is -0.0603. The lowest BCUT2D eigenvalue weighted by molar-refractivity contribution is -0.684. The van der Waals surface area contributed by atoms with Gasteiger partial charge in [0.2, 0.25) is 12.5 Å². The smallest absolute Gasteiger partial charge is 0.290 e. The molecule has 0 bridgehead atoms. The van der Waals surface area contributed by atoms with Crippen LogP contribution in [0.5, 0.6) is 0 Å². The van der Waals surface area contributed by atoms with Gasteiger partial charge in [-0.15, -0.1) is 4.40 Å². The van der Waals surface area contributed by atoms with E-state index in [0.717, 1.165) is 0 Å². The Hall–Kier alpha value is -3.18. The molecular formula is C15H17ClN6O4S. The Balaban J connectivity index is 0.00000364. The summed E-state index contributed by atoms with van der Waals surface area (Å²) in [4.78, 5) is 23.1. The summed E-state index contributed by atoms with van der Waals surface area (Å²) in [7, 11) is -3.99. The molecule has 2 amide bonds. The fourth-order valence-corrected chi connectivity index (χ4v) is 2.90. The van der Waals surface area contributed by atoms with Gasteiger partial charge in [-0.3, -0.25) is 9.59 Å². The summed E-state index contributed by atoms with van der Waals surface area (Å²) in [5, 5.41) is 2.60. The van der Waals surface area contributed by atoms with Crippen LogP contribution in [0, 0.1) is 0 Å². The van der Waals surface area contributed by atoms with Gasteiger partial charge in [0.05, 0.1) is 4.90 Å². The van der Waals surface area contributed by atoms with E-state index in [1.165, 1.54) is 41.1 Å². The first kappa shape index (κ1) is 21.9. The van der Waals surface area contributed by atoms with Crippen molar-refractivity contribution in [1.82, 2.24) is 0 Å². The van der Waals surface area contributed by atoms with Gasteiger partial charge in [-0.05, 0) is 30.3 Å². The quantitative estimate of drug-likeness (QED) is 0.212. The topological polar surface area (TPSA) is 175 Å². The first-order valence-electron chi connectivity index (χ1n) is 7.22. The zero-order valence-corrected chi connectivity index (χ0v) is 15.4. The van der Waals surface area contributed by atoms with Crippen molar-refractivity contribution in [3.63, 3.8) is 0 Å². The van der Waals surface area contributed by atoms with Crippen LogP contribution < -0.4 is 39.5 Å². The summed E-state index contributed by atoms with van der Waals surface area (Å²) >= 11 is 0. The van der Waals surface area contributed by atoms with Crippen molar-refractivity contribution in [3.8, 4) is 0 Å². The van der Waals surface area contributed by atoms with Crippen molar-refractivity contribution in [2.24, 2.45) is 21.6 Å². The van der Waals surface area contributed by atoms with Crippen molar-refractivity contribution >= 4 is 33.5 Å². The second kappa shape index (κ2) is 8.96. The highest BCUT2D eigenvalue weighted by Gasteiger charge is 2.15. The lowest BCUT2D eigenvalue weighted by atomic mass is 10.2. The number of carbonyl (C=O) groups excluding carboxylic acids is 2. The average molecular weight is 413 g/mol. The summed E-state index contributed by atoms with van der Waals surface area (Å²) in [5.41, 5.74) is 16.0. The molecule has 144 valence electrons. The third kappa shape index (κ3) is 6.24. The van der Waals surface area contributed by atoms with E-state index < -0.39 is 21.9 Å². The van der Waals surface area contributed by atoms with Crippen molar-refractivity contribution in [2.75, 3.05) is 5.32 Å². The number of amides is 2. The van der Waals surface area contributed by atoms with Crippen LogP contribution in [0.1, 0.15) is 10.4 Å². The molecule has 0 saturated heterocycles. The van der Waals surface area contributed by atoms with Gasteiger partial charge in [-0.1, -0.05) is 0 Å². The van der Waals surface area contributed by atoms with Crippen LogP contribution in [-0.2, 0) is 21.4 Å². The van der Waals surface area contributed by atoms with Crippen LogP contribution in [0.2, 0.25) is 0 Å². The first-order valence-corrected chi connectivity index (χ1v) is 8.66. The van der Waals surface area contributed by atoms with Crippen molar-refractivity contribution in [1.29, 1.82) is 0 Å².